The van der Waals surface area contributed by atoms with Crippen molar-refractivity contribution in [1.82, 2.24) is 5.32 Å². The number of nitrogens with one attached hydrogen (secondary N) is 1. The van der Waals surface area contributed by atoms with Gasteiger partial charge >= 0.3 is 0 Å². The van der Waals surface area contributed by atoms with E-state index < -0.39 is 0 Å². The summed E-state index contributed by atoms with van der Waals surface area (Å²) in [5, 5.41) is 2.91. The lowest BCUT2D eigenvalue weighted by molar-refractivity contribution is -0.110. The van der Waals surface area contributed by atoms with E-state index in [1.165, 1.54) is 6.42 Å². The van der Waals surface area contributed by atoms with Gasteiger partial charge < -0.3 is 5.32 Å². The Morgan fingerprint density at radius 1 is 1.31 bits per heavy atom. The minimum atomic E-state index is 0.366. The minimum Gasteiger partial charge on any atom is -0.356 e. The first-order chi connectivity index (χ1) is 6.11. The van der Waals surface area contributed by atoms with Gasteiger partial charge in [0.25, 0.3) is 0 Å². The van der Waals surface area contributed by atoms with Crippen molar-refractivity contribution in [2.75, 3.05) is 0 Å². The van der Waals surface area contributed by atoms with Crippen LogP contribution >= 0.6 is 0 Å². The maximum atomic E-state index is 10.4. The van der Waals surface area contributed by atoms with Crippen molar-refractivity contribution in [2.24, 2.45) is 11.8 Å². The van der Waals surface area contributed by atoms with Crippen LogP contribution in [-0.2, 0) is 4.79 Å². The van der Waals surface area contributed by atoms with E-state index in [1.807, 2.05) is 0 Å². The Balaban J connectivity index is 3.93. The molecule has 0 aliphatic heterocycles. The van der Waals surface area contributed by atoms with Crippen molar-refractivity contribution in [3.63, 3.8) is 0 Å². The molecule has 2 atom stereocenters. The molecule has 0 aromatic heterocycles. The second kappa shape index (κ2) is 6.93. The molecule has 13 heavy (non-hydrogen) atoms. The summed E-state index contributed by atoms with van der Waals surface area (Å²) in [5.41, 5.74) is 0. The SMILES string of the molecule is CCCC(NC=O)C(C)CC(C)C. The molecule has 0 radical (unpaired) electrons. The van der Waals surface area contributed by atoms with Gasteiger partial charge in [0.05, 0.1) is 0 Å². The van der Waals surface area contributed by atoms with Crippen LogP contribution in [0.4, 0.5) is 0 Å². The molecule has 0 rings (SSSR count). The van der Waals surface area contributed by atoms with Crippen LogP contribution in [0.5, 0.6) is 0 Å². The molecule has 2 nitrogen and oxygen atoms in total. The lowest BCUT2D eigenvalue weighted by atomic mass is 9.90. The maximum Gasteiger partial charge on any atom is 0.207 e. The lowest BCUT2D eigenvalue weighted by Crippen LogP contribution is -2.34. The Morgan fingerprint density at radius 3 is 2.31 bits per heavy atom. The van der Waals surface area contributed by atoms with Gasteiger partial charge in [-0.1, -0.05) is 34.1 Å². The largest absolute Gasteiger partial charge is 0.356 e. The van der Waals surface area contributed by atoms with Gasteiger partial charge in [-0.2, -0.15) is 0 Å². The molecule has 0 aromatic carbocycles. The highest BCUT2D eigenvalue weighted by Crippen LogP contribution is 2.17. The molecule has 0 fully saturated rings. The number of carbonyl (C=O) groups is 1. The predicted octanol–water partition coefficient (Wildman–Crippen LogP) is 2.58. The second-order valence-corrected chi connectivity index (χ2v) is 4.29. The van der Waals surface area contributed by atoms with Crippen LogP contribution in [0.25, 0.3) is 0 Å². The average molecular weight is 185 g/mol. The number of rotatable bonds is 7. The quantitative estimate of drug-likeness (QED) is 0.607. The molecular weight excluding hydrogens is 162 g/mol. The number of carbonyl (C=O) groups excluding carboxylic acids is 1. The van der Waals surface area contributed by atoms with Crippen molar-refractivity contribution < 1.29 is 4.79 Å². The zero-order valence-electron chi connectivity index (χ0n) is 9.34. The molecule has 0 aliphatic carbocycles. The van der Waals surface area contributed by atoms with Gasteiger partial charge in [0.15, 0.2) is 0 Å². The molecule has 0 aromatic rings. The highest BCUT2D eigenvalue weighted by molar-refractivity contribution is 5.46. The Bertz CT molecular complexity index is 134. The van der Waals surface area contributed by atoms with Crippen molar-refractivity contribution in [3.05, 3.63) is 0 Å². The molecule has 1 N–H and O–H groups in total. The van der Waals surface area contributed by atoms with Crippen LogP contribution < -0.4 is 5.32 Å². The van der Waals surface area contributed by atoms with Crippen LogP contribution in [0.2, 0.25) is 0 Å². The van der Waals surface area contributed by atoms with Gasteiger partial charge in [-0.05, 0) is 24.7 Å². The fourth-order valence-electron chi connectivity index (χ4n) is 1.84. The van der Waals surface area contributed by atoms with Gasteiger partial charge in [-0.25, -0.2) is 0 Å². The van der Waals surface area contributed by atoms with E-state index in [0.717, 1.165) is 19.3 Å². The number of hydrogen-bond acceptors (Lipinski definition) is 1. The Morgan fingerprint density at radius 2 is 1.92 bits per heavy atom. The summed E-state index contributed by atoms with van der Waals surface area (Å²) in [4.78, 5) is 10.4. The van der Waals surface area contributed by atoms with Gasteiger partial charge in [-0.15, -0.1) is 0 Å². The zero-order chi connectivity index (χ0) is 10.3. The van der Waals surface area contributed by atoms with Gasteiger partial charge in [0.2, 0.25) is 6.41 Å². The van der Waals surface area contributed by atoms with Gasteiger partial charge in [-0.3, -0.25) is 4.79 Å². The highest BCUT2D eigenvalue weighted by atomic mass is 16.1. The van der Waals surface area contributed by atoms with Crippen molar-refractivity contribution in [2.45, 2.75) is 53.0 Å². The van der Waals surface area contributed by atoms with E-state index in [1.54, 1.807) is 0 Å². The molecule has 0 spiro atoms. The monoisotopic (exact) mass is 185 g/mol. The van der Waals surface area contributed by atoms with Crippen LogP contribution in [-0.4, -0.2) is 12.5 Å². The van der Waals surface area contributed by atoms with E-state index in [0.29, 0.717) is 17.9 Å². The van der Waals surface area contributed by atoms with E-state index >= 15 is 0 Å². The molecule has 0 aliphatic rings. The van der Waals surface area contributed by atoms with Crippen LogP contribution in [0.3, 0.4) is 0 Å². The first-order valence-electron chi connectivity index (χ1n) is 5.31. The third-order valence-electron chi connectivity index (χ3n) is 2.41. The smallest absolute Gasteiger partial charge is 0.207 e. The van der Waals surface area contributed by atoms with Crippen molar-refractivity contribution >= 4 is 6.41 Å². The van der Waals surface area contributed by atoms with Crippen LogP contribution in [0, 0.1) is 11.8 Å². The zero-order valence-corrected chi connectivity index (χ0v) is 9.34. The van der Waals surface area contributed by atoms with Gasteiger partial charge in [0.1, 0.15) is 0 Å². The lowest BCUT2D eigenvalue weighted by Gasteiger charge is -2.24. The van der Waals surface area contributed by atoms with Crippen LogP contribution in [0.1, 0.15) is 47.0 Å². The third-order valence-corrected chi connectivity index (χ3v) is 2.41. The standard InChI is InChI=1S/C11H23NO/c1-5-6-11(12-8-13)10(4)7-9(2)3/h8-11H,5-7H2,1-4H3,(H,12,13). The maximum absolute atomic E-state index is 10.4. The third kappa shape index (κ3) is 5.67. The summed E-state index contributed by atoms with van der Waals surface area (Å²) in [5.74, 6) is 1.30. The topological polar surface area (TPSA) is 29.1 Å². The molecule has 1 amide bonds. The summed E-state index contributed by atoms with van der Waals surface area (Å²) in [6, 6.07) is 0.366. The summed E-state index contributed by atoms with van der Waals surface area (Å²) in [6.07, 6.45) is 4.24. The van der Waals surface area contributed by atoms with Crippen LogP contribution in [0.15, 0.2) is 0 Å². The molecule has 2 unspecified atom stereocenters. The minimum absolute atomic E-state index is 0.366. The van der Waals surface area contributed by atoms with Crippen molar-refractivity contribution in [3.8, 4) is 0 Å². The number of amides is 1. The normalized spacial score (nSPS) is 15.5. The Kier molecular flexibility index (Phi) is 6.65. The highest BCUT2D eigenvalue weighted by Gasteiger charge is 2.16. The molecular formula is C11H23NO. The summed E-state index contributed by atoms with van der Waals surface area (Å²) >= 11 is 0. The van der Waals surface area contributed by atoms with E-state index in [4.69, 9.17) is 0 Å². The molecule has 0 saturated heterocycles. The second-order valence-electron chi connectivity index (χ2n) is 4.29. The van der Waals surface area contributed by atoms with Crippen molar-refractivity contribution in [1.29, 1.82) is 0 Å². The summed E-state index contributed by atoms with van der Waals surface area (Å²) in [6.45, 7) is 8.82. The van der Waals surface area contributed by atoms with E-state index in [-0.39, 0.29) is 0 Å². The number of hydrogen-bond donors (Lipinski definition) is 1. The van der Waals surface area contributed by atoms with Gasteiger partial charge in [0, 0.05) is 6.04 Å². The fourth-order valence-corrected chi connectivity index (χ4v) is 1.84. The Hall–Kier alpha value is -0.530. The molecule has 0 saturated carbocycles. The fraction of sp³-hybridized carbons (Fsp3) is 0.909. The summed E-state index contributed by atoms with van der Waals surface area (Å²) < 4.78 is 0. The van der Waals surface area contributed by atoms with E-state index in [9.17, 15) is 4.79 Å². The molecule has 0 bridgehead atoms. The summed E-state index contributed by atoms with van der Waals surface area (Å²) in [7, 11) is 0. The first-order valence-corrected chi connectivity index (χ1v) is 5.31. The van der Waals surface area contributed by atoms with E-state index in [2.05, 4.69) is 33.0 Å². The predicted molar refractivity (Wildman–Crippen MR) is 56.5 cm³/mol. The molecule has 2 heteroatoms. The molecule has 0 heterocycles. The first kappa shape index (κ1) is 12.5. The Labute approximate surface area is 82.1 Å². The molecule has 78 valence electrons. The average Bonchev–Trinajstić information content (AvgIpc) is 2.02.